The number of ketones is 1. The molecule has 104 valence electrons. The lowest BCUT2D eigenvalue weighted by Crippen LogP contribution is -2.01. The fourth-order valence-electron chi connectivity index (χ4n) is 1.79. The molecule has 0 saturated heterocycles. The first kappa shape index (κ1) is 14.5. The van der Waals surface area contributed by atoms with Crippen LogP contribution in [0, 0.1) is 5.82 Å². The van der Waals surface area contributed by atoms with E-state index in [0.717, 1.165) is 0 Å². The summed E-state index contributed by atoms with van der Waals surface area (Å²) in [5, 5.41) is 0. The van der Waals surface area contributed by atoms with Gasteiger partial charge in [-0.2, -0.15) is 0 Å². The molecule has 0 aliphatic rings. The maximum Gasteiger partial charge on any atom is 0.167 e. The summed E-state index contributed by atoms with van der Waals surface area (Å²) >= 11 is 3.17. The lowest BCUT2D eigenvalue weighted by Gasteiger charge is -2.13. The Morgan fingerprint density at radius 2 is 1.85 bits per heavy atom. The van der Waals surface area contributed by atoms with Gasteiger partial charge in [-0.15, -0.1) is 0 Å². The molecule has 3 nitrogen and oxygen atoms in total. The molecule has 2 aromatic carbocycles. The average molecular weight is 339 g/mol. The fraction of sp³-hybridized carbons (Fsp3) is 0.133. The van der Waals surface area contributed by atoms with Gasteiger partial charge in [0.2, 0.25) is 0 Å². The highest BCUT2D eigenvalue weighted by molar-refractivity contribution is 9.10. The highest BCUT2D eigenvalue weighted by Gasteiger charge is 2.16. The molecule has 0 bridgehead atoms. The Morgan fingerprint density at radius 1 is 1.15 bits per heavy atom. The number of Topliss-reactive ketones (excluding diaryl/α,β-unsaturated/α-hetero) is 1. The summed E-state index contributed by atoms with van der Waals surface area (Å²) in [6.07, 6.45) is 0. The lowest BCUT2D eigenvalue weighted by atomic mass is 10.1. The second-order valence-electron chi connectivity index (χ2n) is 4.07. The van der Waals surface area contributed by atoms with Gasteiger partial charge in [-0.25, -0.2) is 4.39 Å². The third kappa shape index (κ3) is 2.99. The van der Waals surface area contributed by atoms with Crippen molar-refractivity contribution in [3.05, 3.63) is 52.3 Å². The van der Waals surface area contributed by atoms with E-state index >= 15 is 0 Å². The minimum atomic E-state index is -0.517. The molecule has 0 saturated carbocycles. The standard InChI is InChI=1S/C15H12BrFO3/c1-9(18)15-13(19-2)4-3-5-14(15)20-12-7-6-10(16)8-11(12)17/h3-8H,1-2H3. The smallest absolute Gasteiger partial charge is 0.167 e. The van der Waals surface area contributed by atoms with E-state index in [1.54, 1.807) is 24.3 Å². The molecule has 0 aliphatic heterocycles. The minimum absolute atomic E-state index is 0.0453. The first-order valence-electron chi connectivity index (χ1n) is 5.83. The Kier molecular flexibility index (Phi) is 4.39. The first-order valence-corrected chi connectivity index (χ1v) is 6.63. The van der Waals surface area contributed by atoms with E-state index in [1.165, 1.54) is 26.2 Å². The quantitative estimate of drug-likeness (QED) is 0.764. The maximum absolute atomic E-state index is 13.8. The van der Waals surface area contributed by atoms with Crippen molar-refractivity contribution in [2.24, 2.45) is 0 Å². The van der Waals surface area contributed by atoms with Gasteiger partial charge in [-0.1, -0.05) is 22.0 Å². The van der Waals surface area contributed by atoms with Crippen LogP contribution in [0.4, 0.5) is 4.39 Å². The van der Waals surface area contributed by atoms with Crippen LogP contribution in [0.5, 0.6) is 17.2 Å². The Balaban J connectivity index is 2.45. The minimum Gasteiger partial charge on any atom is -0.496 e. The second kappa shape index (κ2) is 6.05. The van der Waals surface area contributed by atoms with Gasteiger partial charge in [0, 0.05) is 4.47 Å². The molecule has 0 heterocycles. The molecule has 0 aliphatic carbocycles. The molecule has 0 fully saturated rings. The number of hydrogen-bond acceptors (Lipinski definition) is 3. The van der Waals surface area contributed by atoms with Gasteiger partial charge in [-0.05, 0) is 37.3 Å². The zero-order chi connectivity index (χ0) is 14.7. The molecular weight excluding hydrogens is 327 g/mol. The zero-order valence-corrected chi connectivity index (χ0v) is 12.5. The van der Waals surface area contributed by atoms with E-state index in [4.69, 9.17) is 9.47 Å². The number of rotatable bonds is 4. The van der Waals surface area contributed by atoms with Crippen LogP contribution in [0.1, 0.15) is 17.3 Å². The number of hydrogen-bond donors (Lipinski definition) is 0. The summed E-state index contributed by atoms with van der Waals surface area (Å²) in [6.45, 7) is 1.41. The third-order valence-electron chi connectivity index (χ3n) is 2.67. The Morgan fingerprint density at radius 3 is 2.45 bits per heavy atom. The highest BCUT2D eigenvalue weighted by atomic mass is 79.9. The number of benzene rings is 2. The van der Waals surface area contributed by atoms with Crippen LogP contribution in [0.3, 0.4) is 0 Å². The lowest BCUT2D eigenvalue weighted by molar-refractivity contribution is 0.101. The Hall–Kier alpha value is -1.88. The van der Waals surface area contributed by atoms with Crippen LogP contribution < -0.4 is 9.47 Å². The molecule has 0 amide bonds. The Labute approximate surface area is 124 Å². The topological polar surface area (TPSA) is 35.5 Å². The van der Waals surface area contributed by atoms with Gasteiger partial charge in [0.1, 0.15) is 17.1 Å². The monoisotopic (exact) mass is 338 g/mol. The highest BCUT2D eigenvalue weighted by Crippen LogP contribution is 2.33. The number of halogens is 2. The van der Waals surface area contributed by atoms with Crippen molar-refractivity contribution in [3.8, 4) is 17.2 Å². The summed E-state index contributed by atoms with van der Waals surface area (Å²) in [5.74, 6) is -0.0267. The molecule has 2 aromatic rings. The molecule has 20 heavy (non-hydrogen) atoms. The van der Waals surface area contributed by atoms with Crippen LogP contribution in [0.2, 0.25) is 0 Å². The molecule has 0 N–H and O–H groups in total. The molecule has 0 radical (unpaired) electrons. The van der Waals surface area contributed by atoms with E-state index < -0.39 is 5.82 Å². The van der Waals surface area contributed by atoms with Crippen LogP contribution in [0.25, 0.3) is 0 Å². The van der Waals surface area contributed by atoms with E-state index in [-0.39, 0.29) is 22.8 Å². The Bertz CT molecular complexity index is 656. The average Bonchev–Trinajstić information content (AvgIpc) is 2.41. The van der Waals surface area contributed by atoms with Gasteiger partial charge in [0.05, 0.1) is 7.11 Å². The van der Waals surface area contributed by atoms with Crippen LogP contribution in [-0.4, -0.2) is 12.9 Å². The van der Waals surface area contributed by atoms with Crippen LogP contribution in [0.15, 0.2) is 40.9 Å². The van der Waals surface area contributed by atoms with Crippen molar-refractivity contribution < 1.29 is 18.7 Å². The predicted molar refractivity (Wildman–Crippen MR) is 77.2 cm³/mol. The number of ether oxygens (including phenoxy) is 2. The molecule has 5 heteroatoms. The molecule has 0 atom stereocenters. The predicted octanol–water partition coefficient (Wildman–Crippen LogP) is 4.59. The number of methoxy groups -OCH3 is 1. The SMILES string of the molecule is COc1cccc(Oc2ccc(Br)cc2F)c1C(C)=O. The van der Waals surface area contributed by atoms with Gasteiger partial charge < -0.3 is 9.47 Å². The molecule has 0 aromatic heterocycles. The zero-order valence-electron chi connectivity index (χ0n) is 10.9. The van der Waals surface area contributed by atoms with Crippen molar-refractivity contribution in [1.82, 2.24) is 0 Å². The molecule has 2 rings (SSSR count). The normalized spacial score (nSPS) is 10.2. The van der Waals surface area contributed by atoms with Crippen LogP contribution >= 0.6 is 15.9 Å². The largest absolute Gasteiger partial charge is 0.496 e. The van der Waals surface area contributed by atoms with Crippen LogP contribution in [-0.2, 0) is 0 Å². The van der Waals surface area contributed by atoms with E-state index in [2.05, 4.69) is 15.9 Å². The number of carbonyl (C=O) groups excluding carboxylic acids is 1. The van der Waals surface area contributed by atoms with Gasteiger partial charge in [-0.3, -0.25) is 4.79 Å². The maximum atomic E-state index is 13.8. The first-order chi connectivity index (χ1) is 9.52. The summed E-state index contributed by atoms with van der Waals surface area (Å²) in [5.41, 5.74) is 0.289. The number of carbonyl (C=O) groups is 1. The fourth-order valence-corrected chi connectivity index (χ4v) is 2.12. The van der Waals surface area contributed by atoms with Crippen molar-refractivity contribution in [1.29, 1.82) is 0 Å². The van der Waals surface area contributed by atoms with Crippen molar-refractivity contribution in [3.63, 3.8) is 0 Å². The second-order valence-corrected chi connectivity index (χ2v) is 4.98. The molecule has 0 unspecified atom stereocenters. The molecule has 0 spiro atoms. The molecular formula is C15H12BrFO3. The van der Waals surface area contributed by atoms with Crippen molar-refractivity contribution in [2.75, 3.05) is 7.11 Å². The summed E-state index contributed by atoms with van der Waals surface area (Å²) in [7, 11) is 1.46. The van der Waals surface area contributed by atoms with Gasteiger partial charge >= 0.3 is 0 Å². The van der Waals surface area contributed by atoms with Gasteiger partial charge in [0.15, 0.2) is 17.3 Å². The van der Waals surface area contributed by atoms with Crippen molar-refractivity contribution >= 4 is 21.7 Å². The van der Waals surface area contributed by atoms with E-state index in [9.17, 15) is 9.18 Å². The van der Waals surface area contributed by atoms with E-state index in [1.807, 2.05) is 0 Å². The summed E-state index contributed by atoms with van der Waals surface area (Å²) < 4.78 is 25.0. The van der Waals surface area contributed by atoms with Gasteiger partial charge in [0.25, 0.3) is 0 Å². The summed E-state index contributed by atoms with van der Waals surface area (Å²) in [6, 6.07) is 9.37. The third-order valence-corrected chi connectivity index (χ3v) is 3.17. The summed E-state index contributed by atoms with van der Waals surface area (Å²) in [4.78, 5) is 11.7. The van der Waals surface area contributed by atoms with Crippen molar-refractivity contribution in [2.45, 2.75) is 6.92 Å². The van der Waals surface area contributed by atoms with E-state index in [0.29, 0.717) is 10.2 Å².